The molecule has 0 saturated heterocycles. The van der Waals surface area contributed by atoms with Gasteiger partial charge in [-0.25, -0.2) is 31.9 Å². The van der Waals surface area contributed by atoms with Gasteiger partial charge in [0.05, 0.1) is 24.2 Å². The van der Waals surface area contributed by atoms with E-state index in [0.717, 1.165) is 6.20 Å². The zero-order valence-electron chi connectivity index (χ0n) is 17.4. The van der Waals surface area contributed by atoms with Gasteiger partial charge >= 0.3 is 0 Å². The van der Waals surface area contributed by atoms with Crippen LogP contribution in [0.4, 0.5) is 14.6 Å². The lowest BCUT2D eigenvalue weighted by molar-refractivity contribution is 0.421. The van der Waals surface area contributed by atoms with Gasteiger partial charge in [0.2, 0.25) is 10.0 Å². The van der Waals surface area contributed by atoms with Crippen molar-refractivity contribution in [1.82, 2.24) is 29.6 Å². The zero-order valence-corrected chi connectivity index (χ0v) is 18.2. The standard InChI is InChI=1S/C20H19F2N7O3S/c1-23-33(30,31)9-7-24-19-15(22)11-25-20(26-19)17-10-18(16-6-8-32-28-16)29(27-17)12-13-4-2-3-5-14(13)21/h2-6,8,10-11,23H,7,9,12H2,1H3,(H,24,25,26). The van der Waals surface area contributed by atoms with Crippen molar-refractivity contribution in [3.63, 3.8) is 0 Å². The van der Waals surface area contributed by atoms with Gasteiger partial charge in [-0.05, 0) is 19.2 Å². The van der Waals surface area contributed by atoms with Crippen LogP contribution in [0.2, 0.25) is 0 Å². The Morgan fingerprint density at radius 2 is 1.94 bits per heavy atom. The van der Waals surface area contributed by atoms with E-state index in [1.807, 2.05) is 0 Å². The molecule has 4 rings (SSSR count). The quantitative estimate of drug-likeness (QED) is 0.377. The first-order valence-electron chi connectivity index (χ1n) is 9.76. The molecule has 33 heavy (non-hydrogen) atoms. The van der Waals surface area contributed by atoms with E-state index >= 15 is 0 Å². The van der Waals surface area contributed by atoms with Gasteiger partial charge in [-0.2, -0.15) is 5.10 Å². The minimum Gasteiger partial charge on any atom is -0.366 e. The van der Waals surface area contributed by atoms with E-state index in [2.05, 4.69) is 30.3 Å². The summed E-state index contributed by atoms with van der Waals surface area (Å²) in [5, 5.41) is 11.0. The number of anilines is 1. The van der Waals surface area contributed by atoms with E-state index in [4.69, 9.17) is 4.52 Å². The maximum absolute atomic E-state index is 14.2. The number of hydrogen-bond donors (Lipinski definition) is 2. The van der Waals surface area contributed by atoms with E-state index < -0.39 is 15.8 Å². The molecule has 13 heteroatoms. The van der Waals surface area contributed by atoms with Crippen molar-refractivity contribution in [2.75, 3.05) is 24.7 Å². The molecular weight excluding hydrogens is 456 g/mol. The number of nitrogens with zero attached hydrogens (tertiary/aromatic N) is 5. The van der Waals surface area contributed by atoms with Crippen molar-refractivity contribution in [2.45, 2.75) is 6.54 Å². The third-order valence-corrected chi connectivity index (χ3v) is 6.07. The molecule has 172 valence electrons. The topological polar surface area (TPSA) is 128 Å². The van der Waals surface area contributed by atoms with E-state index in [-0.39, 0.29) is 42.0 Å². The molecule has 0 atom stereocenters. The van der Waals surface area contributed by atoms with Gasteiger partial charge in [0.15, 0.2) is 17.5 Å². The third kappa shape index (κ3) is 5.21. The number of hydrogen-bond acceptors (Lipinski definition) is 8. The Labute approximate surface area is 187 Å². The molecule has 0 aliphatic carbocycles. The molecular formula is C20H19F2N7O3S. The molecule has 3 aromatic heterocycles. The van der Waals surface area contributed by atoms with Crippen molar-refractivity contribution in [1.29, 1.82) is 0 Å². The van der Waals surface area contributed by atoms with Crippen LogP contribution in [0.15, 0.2) is 53.4 Å². The van der Waals surface area contributed by atoms with Gasteiger partial charge in [0.1, 0.15) is 23.5 Å². The highest BCUT2D eigenvalue weighted by Crippen LogP contribution is 2.25. The van der Waals surface area contributed by atoms with Gasteiger partial charge < -0.3 is 9.84 Å². The predicted octanol–water partition coefficient (Wildman–Crippen LogP) is 2.28. The number of aromatic nitrogens is 5. The molecule has 0 saturated carbocycles. The fourth-order valence-corrected chi connectivity index (χ4v) is 3.58. The van der Waals surface area contributed by atoms with Crippen LogP contribution >= 0.6 is 0 Å². The number of sulfonamides is 1. The molecule has 1 aromatic carbocycles. The van der Waals surface area contributed by atoms with Crippen LogP contribution < -0.4 is 10.0 Å². The Hall–Kier alpha value is -3.71. The van der Waals surface area contributed by atoms with Crippen molar-refractivity contribution < 1.29 is 21.7 Å². The molecule has 0 fully saturated rings. The highest BCUT2D eigenvalue weighted by Gasteiger charge is 2.18. The van der Waals surface area contributed by atoms with E-state index in [1.54, 1.807) is 30.3 Å². The van der Waals surface area contributed by atoms with Gasteiger partial charge in [-0.15, -0.1) is 0 Å². The van der Waals surface area contributed by atoms with Gasteiger partial charge in [-0.1, -0.05) is 23.4 Å². The van der Waals surface area contributed by atoms with Gasteiger partial charge in [0, 0.05) is 18.2 Å². The maximum atomic E-state index is 14.2. The molecule has 4 aromatic rings. The second kappa shape index (κ2) is 9.42. The zero-order chi connectivity index (χ0) is 23.4. The largest absolute Gasteiger partial charge is 0.366 e. The van der Waals surface area contributed by atoms with Crippen LogP contribution in [0.5, 0.6) is 0 Å². The Morgan fingerprint density at radius 3 is 2.67 bits per heavy atom. The van der Waals surface area contributed by atoms with Crippen LogP contribution in [0.1, 0.15) is 5.56 Å². The Balaban J connectivity index is 1.66. The summed E-state index contributed by atoms with van der Waals surface area (Å²) in [4.78, 5) is 8.13. The Morgan fingerprint density at radius 1 is 1.12 bits per heavy atom. The molecule has 0 unspecified atom stereocenters. The first-order valence-corrected chi connectivity index (χ1v) is 11.4. The molecule has 0 aliphatic rings. The smallest absolute Gasteiger partial charge is 0.213 e. The molecule has 0 amide bonds. The van der Waals surface area contributed by atoms with Crippen molar-refractivity contribution >= 4 is 15.8 Å². The second-order valence-electron chi connectivity index (χ2n) is 6.89. The monoisotopic (exact) mass is 475 g/mol. The lowest BCUT2D eigenvalue weighted by atomic mass is 10.2. The summed E-state index contributed by atoms with van der Waals surface area (Å²) in [6.07, 6.45) is 2.36. The normalized spacial score (nSPS) is 11.6. The van der Waals surface area contributed by atoms with Crippen molar-refractivity contribution in [3.8, 4) is 22.9 Å². The van der Waals surface area contributed by atoms with Crippen LogP contribution in [0, 0.1) is 11.6 Å². The summed E-state index contributed by atoms with van der Waals surface area (Å²) < 4.78 is 60.1. The maximum Gasteiger partial charge on any atom is 0.213 e. The van der Waals surface area contributed by atoms with E-state index in [1.165, 1.54) is 24.1 Å². The highest BCUT2D eigenvalue weighted by molar-refractivity contribution is 7.89. The van der Waals surface area contributed by atoms with Crippen molar-refractivity contribution in [3.05, 3.63) is 66.1 Å². The third-order valence-electron chi connectivity index (χ3n) is 4.71. The summed E-state index contributed by atoms with van der Waals surface area (Å²) in [5.41, 5.74) is 1.67. The SMILES string of the molecule is CNS(=O)(=O)CCNc1nc(-c2cc(-c3ccon3)n(Cc3ccccc3F)n2)ncc1F. The molecule has 3 heterocycles. The second-order valence-corrected chi connectivity index (χ2v) is 8.93. The fourth-order valence-electron chi connectivity index (χ4n) is 3.01. The summed E-state index contributed by atoms with van der Waals surface area (Å²) >= 11 is 0. The number of benzene rings is 1. The molecule has 0 spiro atoms. The number of nitrogens with one attached hydrogen (secondary N) is 2. The summed E-state index contributed by atoms with van der Waals surface area (Å²) in [6, 6.07) is 9.55. The number of rotatable bonds is 9. The average molecular weight is 475 g/mol. The lowest BCUT2D eigenvalue weighted by Gasteiger charge is -2.08. The molecule has 0 bridgehead atoms. The number of halogens is 2. The molecule has 10 nitrogen and oxygen atoms in total. The molecule has 2 N–H and O–H groups in total. The summed E-state index contributed by atoms with van der Waals surface area (Å²) in [6.45, 7) is 0.0332. The fraction of sp³-hybridized carbons (Fsp3) is 0.200. The van der Waals surface area contributed by atoms with Crippen LogP contribution in [0.25, 0.3) is 22.9 Å². The predicted molar refractivity (Wildman–Crippen MR) is 116 cm³/mol. The Bertz CT molecular complexity index is 1360. The summed E-state index contributed by atoms with van der Waals surface area (Å²) in [5.74, 6) is -1.48. The molecule has 0 aliphatic heterocycles. The highest BCUT2D eigenvalue weighted by atomic mass is 32.2. The van der Waals surface area contributed by atoms with Gasteiger partial charge in [0.25, 0.3) is 0 Å². The van der Waals surface area contributed by atoms with E-state index in [0.29, 0.717) is 17.0 Å². The first-order chi connectivity index (χ1) is 15.9. The van der Waals surface area contributed by atoms with Crippen LogP contribution in [-0.2, 0) is 16.6 Å². The van der Waals surface area contributed by atoms with Crippen LogP contribution in [0.3, 0.4) is 0 Å². The first kappa shape index (κ1) is 22.5. The van der Waals surface area contributed by atoms with E-state index in [9.17, 15) is 17.2 Å². The van der Waals surface area contributed by atoms with Crippen molar-refractivity contribution in [2.24, 2.45) is 0 Å². The molecule has 0 radical (unpaired) electrons. The van der Waals surface area contributed by atoms with Gasteiger partial charge in [-0.3, -0.25) is 4.68 Å². The average Bonchev–Trinajstić information content (AvgIpc) is 3.47. The Kier molecular flexibility index (Phi) is 6.42. The minimum absolute atomic E-state index is 0.0670. The minimum atomic E-state index is -3.47. The van der Waals surface area contributed by atoms with Crippen LogP contribution in [-0.4, -0.2) is 52.7 Å². The summed E-state index contributed by atoms with van der Waals surface area (Å²) in [7, 11) is -2.17. The lowest BCUT2D eigenvalue weighted by Crippen LogP contribution is -2.26.